The minimum atomic E-state index is -0.440. The SMILES string of the molecule is Cc1cc(Br)ccc1N1CC(=O)NC(C(C)C)C1=O. The first kappa shape index (κ1) is 14.1. The molecule has 0 spiro atoms. The molecule has 0 saturated carbocycles. The fraction of sp³-hybridized carbons (Fsp3) is 0.429. The second kappa shape index (κ2) is 5.33. The molecule has 0 aliphatic carbocycles. The summed E-state index contributed by atoms with van der Waals surface area (Å²) in [4.78, 5) is 25.8. The van der Waals surface area contributed by atoms with Crippen LogP contribution < -0.4 is 10.2 Å². The van der Waals surface area contributed by atoms with E-state index in [1.54, 1.807) is 4.90 Å². The van der Waals surface area contributed by atoms with Gasteiger partial charge in [-0.25, -0.2) is 0 Å². The Balaban J connectivity index is 2.37. The summed E-state index contributed by atoms with van der Waals surface area (Å²) in [6.45, 7) is 5.89. The summed E-state index contributed by atoms with van der Waals surface area (Å²) in [5, 5.41) is 2.76. The van der Waals surface area contributed by atoms with E-state index in [9.17, 15) is 9.59 Å². The number of benzene rings is 1. The third kappa shape index (κ3) is 2.81. The van der Waals surface area contributed by atoms with Gasteiger partial charge in [-0.1, -0.05) is 29.8 Å². The van der Waals surface area contributed by atoms with Crippen LogP contribution in [0.25, 0.3) is 0 Å². The van der Waals surface area contributed by atoms with Crippen molar-refractivity contribution in [3.05, 3.63) is 28.2 Å². The molecule has 1 unspecified atom stereocenters. The molecular weight excluding hydrogens is 308 g/mol. The lowest BCUT2D eigenvalue weighted by Gasteiger charge is -2.35. The van der Waals surface area contributed by atoms with Crippen LogP contribution in [0.2, 0.25) is 0 Å². The van der Waals surface area contributed by atoms with E-state index >= 15 is 0 Å². The van der Waals surface area contributed by atoms with Crippen LogP contribution in [0.5, 0.6) is 0 Å². The molecule has 0 bridgehead atoms. The van der Waals surface area contributed by atoms with E-state index in [0.29, 0.717) is 0 Å². The van der Waals surface area contributed by atoms with Crippen molar-refractivity contribution >= 4 is 33.4 Å². The molecule has 2 rings (SSSR count). The van der Waals surface area contributed by atoms with Gasteiger partial charge in [0, 0.05) is 10.2 Å². The Hall–Kier alpha value is -1.36. The average molecular weight is 325 g/mol. The molecule has 1 fully saturated rings. The first-order valence-corrected chi connectivity index (χ1v) is 7.06. The number of nitrogens with one attached hydrogen (secondary N) is 1. The van der Waals surface area contributed by atoms with Crippen LogP contribution in [0, 0.1) is 12.8 Å². The van der Waals surface area contributed by atoms with Gasteiger partial charge < -0.3 is 10.2 Å². The monoisotopic (exact) mass is 324 g/mol. The summed E-state index contributed by atoms with van der Waals surface area (Å²) >= 11 is 3.40. The molecular formula is C14H17BrN2O2. The Morgan fingerprint density at radius 3 is 2.63 bits per heavy atom. The number of hydrogen-bond acceptors (Lipinski definition) is 2. The van der Waals surface area contributed by atoms with Crippen molar-refractivity contribution in [2.75, 3.05) is 11.4 Å². The molecule has 1 aliphatic rings. The molecule has 1 N–H and O–H groups in total. The highest BCUT2D eigenvalue weighted by Gasteiger charge is 2.35. The predicted molar refractivity (Wildman–Crippen MR) is 78.0 cm³/mol. The number of nitrogens with zero attached hydrogens (tertiary/aromatic N) is 1. The average Bonchev–Trinajstić information content (AvgIpc) is 2.32. The maximum absolute atomic E-state index is 12.4. The summed E-state index contributed by atoms with van der Waals surface area (Å²) in [5.41, 5.74) is 1.77. The van der Waals surface area contributed by atoms with Crippen LogP contribution >= 0.6 is 15.9 Å². The lowest BCUT2D eigenvalue weighted by molar-refractivity contribution is -0.132. The Morgan fingerprint density at radius 1 is 1.37 bits per heavy atom. The molecule has 4 nitrogen and oxygen atoms in total. The molecule has 0 aromatic heterocycles. The molecule has 1 heterocycles. The largest absolute Gasteiger partial charge is 0.342 e. The van der Waals surface area contributed by atoms with Gasteiger partial charge in [-0.2, -0.15) is 0 Å². The van der Waals surface area contributed by atoms with Gasteiger partial charge in [0.25, 0.3) is 0 Å². The van der Waals surface area contributed by atoms with Crippen molar-refractivity contribution in [1.82, 2.24) is 5.32 Å². The topological polar surface area (TPSA) is 49.4 Å². The van der Waals surface area contributed by atoms with Crippen molar-refractivity contribution in [1.29, 1.82) is 0 Å². The number of carbonyl (C=O) groups excluding carboxylic acids is 2. The van der Waals surface area contributed by atoms with E-state index in [2.05, 4.69) is 21.2 Å². The molecule has 1 aromatic rings. The zero-order valence-electron chi connectivity index (χ0n) is 11.2. The van der Waals surface area contributed by atoms with Crippen molar-refractivity contribution in [2.45, 2.75) is 26.8 Å². The molecule has 1 saturated heterocycles. The first-order chi connectivity index (χ1) is 8.90. The van der Waals surface area contributed by atoms with Gasteiger partial charge in [0.2, 0.25) is 11.8 Å². The molecule has 1 aliphatic heterocycles. The maximum atomic E-state index is 12.4. The van der Waals surface area contributed by atoms with E-state index < -0.39 is 6.04 Å². The zero-order valence-corrected chi connectivity index (χ0v) is 12.8. The number of amides is 2. The molecule has 1 atom stereocenters. The van der Waals surface area contributed by atoms with Gasteiger partial charge in [-0.05, 0) is 36.6 Å². The number of hydrogen-bond donors (Lipinski definition) is 1. The summed E-state index contributed by atoms with van der Waals surface area (Å²) in [7, 11) is 0. The predicted octanol–water partition coefficient (Wildman–Crippen LogP) is 2.24. The number of aryl methyl sites for hydroxylation is 1. The summed E-state index contributed by atoms with van der Waals surface area (Å²) in [6.07, 6.45) is 0. The van der Waals surface area contributed by atoms with Gasteiger partial charge in [-0.3, -0.25) is 9.59 Å². The molecule has 0 radical (unpaired) electrons. The van der Waals surface area contributed by atoms with Gasteiger partial charge in [0.05, 0.1) is 0 Å². The normalized spacial score (nSPS) is 19.8. The van der Waals surface area contributed by atoms with Crippen molar-refractivity contribution in [3.8, 4) is 0 Å². The highest BCUT2D eigenvalue weighted by molar-refractivity contribution is 9.10. The molecule has 102 valence electrons. The standard InChI is InChI=1S/C14H17BrN2O2/c1-8(2)13-14(19)17(7-12(18)16-13)11-5-4-10(15)6-9(11)3/h4-6,8,13H,7H2,1-3H3,(H,16,18). The van der Waals surface area contributed by atoms with Crippen LogP contribution in [0.4, 0.5) is 5.69 Å². The maximum Gasteiger partial charge on any atom is 0.250 e. The zero-order chi connectivity index (χ0) is 14.2. The quantitative estimate of drug-likeness (QED) is 0.907. The van der Waals surface area contributed by atoms with E-state index in [0.717, 1.165) is 15.7 Å². The van der Waals surface area contributed by atoms with Gasteiger partial charge in [-0.15, -0.1) is 0 Å². The van der Waals surface area contributed by atoms with E-state index in [4.69, 9.17) is 0 Å². The second-order valence-electron chi connectivity index (χ2n) is 5.14. The lowest BCUT2D eigenvalue weighted by atomic mass is 10.00. The smallest absolute Gasteiger partial charge is 0.250 e. The minimum Gasteiger partial charge on any atom is -0.342 e. The van der Waals surface area contributed by atoms with Crippen LogP contribution in [-0.2, 0) is 9.59 Å². The number of piperazine rings is 1. The Kier molecular flexibility index (Phi) is 3.94. The molecule has 5 heteroatoms. The summed E-state index contributed by atoms with van der Waals surface area (Å²) < 4.78 is 0.961. The lowest BCUT2D eigenvalue weighted by Crippen LogP contribution is -2.60. The van der Waals surface area contributed by atoms with Crippen molar-refractivity contribution < 1.29 is 9.59 Å². The Labute approximate surface area is 121 Å². The molecule has 19 heavy (non-hydrogen) atoms. The molecule has 1 aromatic carbocycles. The molecule has 2 amide bonds. The summed E-state index contributed by atoms with van der Waals surface area (Å²) in [5.74, 6) is -0.0735. The van der Waals surface area contributed by atoms with Crippen LogP contribution in [0.15, 0.2) is 22.7 Å². The number of carbonyl (C=O) groups is 2. The number of halogens is 1. The minimum absolute atomic E-state index is 0.0416. The Bertz CT molecular complexity index is 528. The van der Waals surface area contributed by atoms with Crippen LogP contribution in [-0.4, -0.2) is 24.4 Å². The second-order valence-corrected chi connectivity index (χ2v) is 6.06. The van der Waals surface area contributed by atoms with E-state index in [-0.39, 0.29) is 24.3 Å². The highest BCUT2D eigenvalue weighted by atomic mass is 79.9. The van der Waals surface area contributed by atoms with Gasteiger partial charge >= 0.3 is 0 Å². The van der Waals surface area contributed by atoms with Gasteiger partial charge in [0.1, 0.15) is 12.6 Å². The third-order valence-corrected chi connectivity index (χ3v) is 3.76. The number of rotatable bonds is 2. The van der Waals surface area contributed by atoms with E-state index in [1.165, 1.54) is 0 Å². The van der Waals surface area contributed by atoms with Crippen molar-refractivity contribution in [2.24, 2.45) is 5.92 Å². The third-order valence-electron chi connectivity index (χ3n) is 3.27. The fourth-order valence-corrected chi connectivity index (χ4v) is 2.72. The summed E-state index contributed by atoms with van der Waals surface area (Å²) in [6, 6.07) is 5.25. The fourth-order valence-electron chi connectivity index (χ4n) is 2.25. The first-order valence-electron chi connectivity index (χ1n) is 6.27. The van der Waals surface area contributed by atoms with Crippen LogP contribution in [0.3, 0.4) is 0 Å². The van der Waals surface area contributed by atoms with Crippen molar-refractivity contribution in [3.63, 3.8) is 0 Å². The van der Waals surface area contributed by atoms with Crippen LogP contribution in [0.1, 0.15) is 19.4 Å². The van der Waals surface area contributed by atoms with Gasteiger partial charge in [0.15, 0.2) is 0 Å². The highest BCUT2D eigenvalue weighted by Crippen LogP contribution is 2.26. The van der Waals surface area contributed by atoms with E-state index in [1.807, 2.05) is 39.0 Å². The number of anilines is 1. The Morgan fingerprint density at radius 2 is 2.05 bits per heavy atom.